The van der Waals surface area contributed by atoms with Crippen molar-refractivity contribution in [1.29, 1.82) is 0 Å². The van der Waals surface area contributed by atoms with Gasteiger partial charge in [-0.2, -0.15) is 0 Å². The molecule has 1 aromatic rings. The molecule has 0 heterocycles. The Hall–Kier alpha value is 0.430. The Morgan fingerprint density at radius 2 is 1.79 bits per heavy atom. The summed E-state index contributed by atoms with van der Waals surface area (Å²) in [5.41, 5.74) is 0.517. The van der Waals surface area contributed by atoms with E-state index >= 15 is 0 Å². The van der Waals surface area contributed by atoms with Gasteiger partial charge in [0.1, 0.15) is 0 Å². The molecule has 0 spiro atoms. The number of carbonyl (C=O) groups is 1. The normalized spacial score (nSPS) is 12.6. The lowest BCUT2D eigenvalue weighted by Crippen LogP contribution is -2.15. The molecule has 0 saturated heterocycles. The number of halogens is 4. The Balaban J connectivity index is 3.01. The molecule has 1 rings (SSSR count). The van der Waals surface area contributed by atoms with Crippen LogP contribution < -0.4 is 0 Å². The molecule has 0 fully saturated rings. The van der Waals surface area contributed by atoms with Crippen LogP contribution in [-0.2, 0) is 0 Å². The summed E-state index contributed by atoms with van der Waals surface area (Å²) in [6, 6.07) is 4.80. The molecule has 0 aliphatic carbocycles. The van der Waals surface area contributed by atoms with Gasteiger partial charge in [-0.15, -0.1) is 0 Å². The van der Waals surface area contributed by atoms with E-state index in [1.807, 2.05) is 0 Å². The highest BCUT2D eigenvalue weighted by atomic mass is 79.9. The molecule has 0 N–H and O–H groups in total. The number of ketones is 1. The summed E-state index contributed by atoms with van der Waals surface area (Å²) >= 11 is 18.0. The third kappa shape index (κ3) is 3.23. The topological polar surface area (TPSA) is 17.1 Å². The fraction of sp³-hybridized carbons (Fsp3) is 0.222. The standard InChI is InChI=1S/C9H6Br2Cl2O/c10-4-8(11)9(14)5-1-6(12)3-7(13)2-5/h1-3,8H,4H2. The van der Waals surface area contributed by atoms with Gasteiger partial charge in [0.25, 0.3) is 0 Å². The van der Waals surface area contributed by atoms with E-state index in [-0.39, 0.29) is 10.6 Å². The number of hydrogen-bond acceptors (Lipinski definition) is 1. The first-order valence-electron chi connectivity index (χ1n) is 3.75. The molecule has 1 nitrogen and oxygen atoms in total. The van der Waals surface area contributed by atoms with Gasteiger partial charge in [0, 0.05) is 20.9 Å². The third-order valence-corrected chi connectivity index (χ3v) is 4.26. The maximum Gasteiger partial charge on any atom is 0.177 e. The molecule has 1 atom stereocenters. The fourth-order valence-electron chi connectivity index (χ4n) is 0.947. The average molecular weight is 361 g/mol. The van der Waals surface area contributed by atoms with E-state index in [0.717, 1.165) is 0 Å². The van der Waals surface area contributed by atoms with Crippen LogP contribution in [0.4, 0.5) is 0 Å². The van der Waals surface area contributed by atoms with E-state index in [1.165, 1.54) is 0 Å². The third-order valence-electron chi connectivity index (χ3n) is 1.57. The van der Waals surface area contributed by atoms with E-state index in [9.17, 15) is 4.79 Å². The van der Waals surface area contributed by atoms with Crippen LogP contribution in [0, 0.1) is 0 Å². The molecule has 0 radical (unpaired) electrons. The largest absolute Gasteiger partial charge is 0.293 e. The van der Waals surface area contributed by atoms with Crippen molar-refractivity contribution in [3.05, 3.63) is 33.8 Å². The van der Waals surface area contributed by atoms with Crippen LogP contribution in [-0.4, -0.2) is 15.9 Å². The monoisotopic (exact) mass is 358 g/mol. The molecular weight excluding hydrogens is 355 g/mol. The van der Waals surface area contributed by atoms with Gasteiger partial charge >= 0.3 is 0 Å². The van der Waals surface area contributed by atoms with Crippen LogP contribution >= 0.6 is 55.1 Å². The molecule has 0 saturated carbocycles. The number of hydrogen-bond donors (Lipinski definition) is 0. The molecule has 1 unspecified atom stereocenters. The number of Topliss-reactive ketones (excluding diaryl/α,β-unsaturated/α-hetero) is 1. The van der Waals surface area contributed by atoms with Crippen LogP contribution in [0.15, 0.2) is 18.2 Å². The Labute approximate surface area is 109 Å². The van der Waals surface area contributed by atoms with Crippen molar-refractivity contribution in [2.45, 2.75) is 4.83 Å². The number of benzene rings is 1. The van der Waals surface area contributed by atoms with Gasteiger partial charge in [-0.05, 0) is 18.2 Å². The second-order valence-corrected chi connectivity index (χ2v) is 5.27. The van der Waals surface area contributed by atoms with Crippen molar-refractivity contribution in [2.24, 2.45) is 0 Å². The van der Waals surface area contributed by atoms with Crippen LogP contribution in [0.2, 0.25) is 10.0 Å². The highest BCUT2D eigenvalue weighted by molar-refractivity contribution is 9.12. The highest BCUT2D eigenvalue weighted by Crippen LogP contribution is 2.21. The van der Waals surface area contributed by atoms with Crippen molar-refractivity contribution in [3.63, 3.8) is 0 Å². The molecule has 14 heavy (non-hydrogen) atoms. The Morgan fingerprint density at radius 1 is 1.29 bits per heavy atom. The Kier molecular flexibility index (Phi) is 4.91. The molecule has 0 aromatic heterocycles. The smallest absolute Gasteiger partial charge is 0.177 e. The summed E-state index contributed by atoms with van der Waals surface area (Å²) in [5.74, 6) is -0.0359. The van der Waals surface area contributed by atoms with Crippen LogP contribution in [0.1, 0.15) is 10.4 Å². The molecular formula is C9H6Br2Cl2O. The van der Waals surface area contributed by atoms with Crippen molar-refractivity contribution in [3.8, 4) is 0 Å². The van der Waals surface area contributed by atoms with Gasteiger partial charge in [-0.3, -0.25) is 4.79 Å². The SMILES string of the molecule is O=C(c1cc(Cl)cc(Cl)c1)C(Br)CBr. The predicted octanol–water partition coefficient (Wildman–Crippen LogP) is 4.33. The summed E-state index contributed by atoms with van der Waals surface area (Å²) in [6.45, 7) is 0. The molecule has 1 aromatic carbocycles. The van der Waals surface area contributed by atoms with Crippen LogP contribution in [0.3, 0.4) is 0 Å². The maximum atomic E-state index is 11.7. The predicted molar refractivity (Wildman–Crippen MR) is 67.3 cm³/mol. The molecule has 0 amide bonds. The number of rotatable bonds is 3. The first-order valence-corrected chi connectivity index (χ1v) is 6.54. The zero-order valence-corrected chi connectivity index (χ0v) is 11.6. The molecule has 0 aliphatic heterocycles. The molecule has 0 bridgehead atoms. The first-order chi connectivity index (χ1) is 6.54. The van der Waals surface area contributed by atoms with Crippen molar-refractivity contribution >= 4 is 60.8 Å². The summed E-state index contributed by atoms with van der Waals surface area (Å²) in [7, 11) is 0. The van der Waals surface area contributed by atoms with Crippen LogP contribution in [0.5, 0.6) is 0 Å². The summed E-state index contributed by atoms with van der Waals surface area (Å²) < 4.78 is 0. The van der Waals surface area contributed by atoms with E-state index in [0.29, 0.717) is 20.9 Å². The van der Waals surface area contributed by atoms with Gasteiger partial charge in [-0.1, -0.05) is 55.1 Å². The Morgan fingerprint density at radius 3 is 2.21 bits per heavy atom. The van der Waals surface area contributed by atoms with E-state index in [2.05, 4.69) is 31.9 Å². The lowest BCUT2D eigenvalue weighted by atomic mass is 10.1. The minimum atomic E-state index is -0.253. The minimum absolute atomic E-state index is 0.0359. The van der Waals surface area contributed by atoms with Crippen LogP contribution in [0.25, 0.3) is 0 Å². The van der Waals surface area contributed by atoms with Gasteiger partial charge < -0.3 is 0 Å². The van der Waals surface area contributed by atoms with E-state index < -0.39 is 0 Å². The lowest BCUT2D eigenvalue weighted by Gasteiger charge is -2.05. The van der Waals surface area contributed by atoms with Gasteiger partial charge in [0.05, 0.1) is 4.83 Å². The minimum Gasteiger partial charge on any atom is -0.293 e. The van der Waals surface area contributed by atoms with Crippen molar-refractivity contribution < 1.29 is 4.79 Å². The van der Waals surface area contributed by atoms with Crippen molar-refractivity contribution in [2.75, 3.05) is 5.33 Å². The second-order valence-electron chi connectivity index (χ2n) is 2.64. The van der Waals surface area contributed by atoms with E-state index in [1.54, 1.807) is 18.2 Å². The lowest BCUT2D eigenvalue weighted by molar-refractivity contribution is 0.0997. The summed E-state index contributed by atoms with van der Waals surface area (Å²) in [6.07, 6.45) is 0. The van der Waals surface area contributed by atoms with Gasteiger partial charge in [0.15, 0.2) is 5.78 Å². The first kappa shape index (κ1) is 12.5. The van der Waals surface area contributed by atoms with Crippen molar-refractivity contribution in [1.82, 2.24) is 0 Å². The zero-order chi connectivity index (χ0) is 10.7. The second kappa shape index (κ2) is 5.50. The summed E-state index contributed by atoms with van der Waals surface area (Å²) in [5, 5.41) is 1.49. The number of alkyl halides is 2. The van der Waals surface area contributed by atoms with Gasteiger partial charge in [-0.25, -0.2) is 0 Å². The average Bonchev–Trinajstić information content (AvgIpc) is 2.14. The zero-order valence-electron chi connectivity index (χ0n) is 6.94. The number of carbonyl (C=O) groups excluding carboxylic acids is 1. The molecule has 76 valence electrons. The molecule has 5 heteroatoms. The van der Waals surface area contributed by atoms with Gasteiger partial charge in [0.2, 0.25) is 0 Å². The maximum absolute atomic E-state index is 11.7. The molecule has 0 aliphatic rings. The highest BCUT2D eigenvalue weighted by Gasteiger charge is 2.16. The van der Waals surface area contributed by atoms with E-state index in [4.69, 9.17) is 23.2 Å². The fourth-order valence-corrected chi connectivity index (χ4v) is 2.03. The summed E-state index contributed by atoms with van der Waals surface area (Å²) in [4.78, 5) is 11.4. The Bertz CT molecular complexity index is 334. The quantitative estimate of drug-likeness (QED) is 0.579.